The van der Waals surface area contributed by atoms with Crippen molar-refractivity contribution in [3.63, 3.8) is 0 Å². The Morgan fingerprint density at radius 1 is 1.45 bits per heavy atom. The molecule has 0 N–H and O–H groups in total. The molecule has 0 amide bonds. The molecule has 20 heavy (non-hydrogen) atoms. The first-order valence-electron chi connectivity index (χ1n) is 6.85. The van der Waals surface area contributed by atoms with Crippen molar-refractivity contribution in [1.29, 1.82) is 0 Å². The van der Waals surface area contributed by atoms with Gasteiger partial charge in [-0.25, -0.2) is 0 Å². The van der Waals surface area contributed by atoms with Crippen LogP contribution in [0.15, 0.2) is 18.2 Å². The molecule has 0 aromatic heterocycles. The second-order valence-electron chi connectivity index (χ2n) is 5.19. The quantitative estimate of drug-likeness (QED) is 0.479. The van der Waals surface area contributed by atoms with Crippen molar-refractivity contribution in [2.24, 2.45) is 0 Å². The van der Waals surface area contributed by atoms with Gasteiger partial charge in [0, 0.05) is 48.3 Å². The van der Waals surface area contributed by atoms with Crippen LogP contribution in [-0.4, -0.2) is 42.5 Å². The zero-order chi connectivity index (χ0) is 14.7. The van der Waals surface area contributed by atoms with Gasteiger partial charge in [-0.15, -0.1) is 0 Å². The molecular weight excluding hydrogens is 322 g/mol. The molecule has 1 aromatic rings. The monoisotopic (exact) mass is 341 g/mol. The summed E-state index contributed by atoms with van der Waals surface area (Å²) >= 11 is 3.34. The lowest BCUT2D eigenvalue weighted by Crippen LogP contribution is -2.51. The standard InChI is InChI=1S/C14H20BrN3O2/c1-3-12-10-17(7-6-16(12)2)13-4-5-14(18(19)20)11(8-13)9-15/h4-5,8,12H,3,6-7,9-10H2,1-2H3. The number of hydrogen-bond acceptors (Lipinski definition) is 4. The summed E-state index contributed by atoms with van der Waals surface area (Å²) < 4.78 is 0. The lowest BCUT2D eigenvalue weighted by atomic mass is 10.1. The maximum atomic E-state index is 11.0. The van der Waals surface area contributed by atoms with E-state index in [9.17, 15) is 10.1 Å². The van der Waals surface area contributed by atoms with Crippen molar-refractivity contribution >= 4 is 27.3 Å². The lowest BCUT2D eigenvalue weighted by molar-refractivity contribution is -0.385. The van der Waals surface area contributed by atoms with E-state index >= 15 is 0 Å². The van der Waals surface area contributed by atoms with Crippen LogP contribution in [0.5, 0.6) is 0 Å². The number of benzene rings is 1. The highest BCUT2D eigenvalue weighted by Gasteiger charge is 2.24. The van der Waals surface area contributed by atoms with Gasteiger partial charge >= 0.3 is 0 Å². The van der Waals surface area contributed by atoms with E-state index in [0.29, 0.717) is 11.4 Å². The first-order chi connectivity index (χ1) is 9.56. The molecule has 1 aliphatic rings. The van der Waals surface area contributed by atoms with Crippen LogP contribution in [0.1, 0.15) is 18.9 Å². The molecule has 1 aliphatic heterocycles. The first-order valence-corrected chi connectivity index (χ1v) is 7.97. The van der Waals surface area contributed by atoms with Crippen LogP contribution < -0.4 is 4.90 Å². The predicted octanol–water partition coefficient (Wildman–Crippen LogP) is 3.02. The van der Waals surface area contributed by atoms with Gasteiger partial charge < -0.3 is 4.90 Å². The van der Waals surface area contributed by atoms with E-state index < -0.39 is 0 Å². The molecule has 0 bridgehead atoms. The van der Waals surface area contributed by atoms with Crippen molar-refractivity contribution in [1.82, 2.24) is 4.90 Å². The van der Waals surface area contributed by atoms with E-state index in [2.05, 4.69) is 39.7 Å². The van der Waals surface area contributed by atoms with Gasteiger partial charge in [-0.05, 0) is 25.6 Å². The van der Waals surface area contributed by atoms with Crippen molar-refractivity contribution in [2.45, 2.75) is 24.7 Å². The number of rotatable bonds is 4. The minimum Gasteiger partial charge on any atom is -0.369 e. The Bertz CT molecular complexity index is 495. The fraction of sp³-hybridized carbons (Fsp3) is 0.571. The van der Waals surface area contributed by atoms with E-state index in [0.717, 1.165) is 37.3 Å². The van der Waals surface area contributed by atoms with Crippen LogP contribution in [0.2, 0.25) is 0 Å². The van der Waals surface area contributed by atoms with Gasteiger partial charge in [0.25, 0.3) is 5.69 Å². The Morgan fingerprint density at radius 2 is 2.20 bits per heavy atom. The SMILES string of the molecule is CCC1CN(c2ccc([N+](=O)[O-])c(CBr)c2)CCN1C. The van der Waals surface area contributed by atoms with E-state index in [1.54, 1.807) is 6.07 Å². The highest BCUT2D eigenvalue weighted by atomic mass is 79.9. The normalized spacial score (nSPS) is 20.1. The van der Waals surface area contributed by atoms with E-state index in [4.69, 9.17) is 0 Å². The number of piperazine rings is 1. The number of halogens is 1. The molecular formula is C14H20BrN3O2. The van der Waals surface area contributed by atoms with Crippen LogP contribution in [0.4, 0.5) is 11.4 Å². The van der Waals surface area contributed by atoms with Crippen molar-refractivity contribution < 1.29 is 4.92 Å². The summed E-state index contributed by atoms with van der Waals surface area (Å²) in [7, 11) is 2.16. The Hall–Kier alpha value is -1.14. The van der Waals surface area contributed by atoms with Gasteiger partial charge in [0.1, 0.15) is 0 Å². The number of hydrogen-bond donors (Lipinski definition) is 0. The van der Waals surface area contributed by atoms with Crippen molar-refractivity contribution in [2.75, 3.05) is 31.6 Å². The number of likely N-dealkylation sites (N-methyl/N-ethyl adjacent to an activating group) is 1. The topological polar surface area (TPSA) is 49.6 Å². The van der Waals surface area contributed by atoms with Crippen molar-refractivity contribution in [3.05, 3.63) is 33.9 Å². The summed E-state index contributed by atoms with van der Waals surface area (Å²) in [6.45, 7) is 5.17. The number of nitro groups is 1. The molecule has 0 saturated carbocycles. The van der Waals surface area contributed by atoms with Crippen LogP contribution in [0, 0.1) is 10.1 Å². The van der Waals surface area contributed by atoms with Crippen molar-refractivity contribution in [3.8, 4) is 0 Å². The molecule has 1 atom stereocenters. The zero-order valence-electron chi connectivity index (χ0n) is 11.9. The zero-order valence-corrected chi connectivity index (χ0v) is 13.5. The molecule has 0 radical (unpaired) electrons. The number of nitrogens with zero attached hydrogens (tertiary/aromatic N) is 3. The van der Waals surface area contributed by atoms with Gasteiger partial charge in [0.2, 0.25) is 0 Å². The maximum absolute atomic E-state index is 11.0. The molecule has 2 rings (SSSR count). The number of anilines is 1. The minimum atomic E-state index is -0.320. The molecule has 1 aromatic carbocycles. The number of nitro benzene ring substituents is 1. The lowest BCUT2D eigenvalue weighted by Gasteiger charge is -2.40. The second kappa shape index (κ2) is 6.54. The third-order valence-corrected chi connectivity index (χ3v) is 4.62. The van der Waals surface area contributed by atoms with Gasteiger partial charge in [0.05, 0.1) is 4.92 Å². The van der Waals surface area contributed by atoms with Gasteiger partial charge in [0.15, 0.2) is 0 Å². The summed E-state index contributed by atoms with van der Waals surface area (Å²) in [5.74, 6) is 0. The fourth-order valence-electron chi connectivity index (χ4n) is 2.68. The smallest absolute Gasteiger partial charge is 0.273 e. The largest absolute Gasteiger partial charge is 0.369 e. The van der Waals surface area contributed by atoms with E-state index in [1.807, 2.05) is 12.1 Å². The van der Waals surface area contributed by atoms with E-state index in [-0.39, 0.29) is 10.6 Å². The molecule has 1 saturated heterocycles. The third-order valence-electron chi connectivity index (χ3n) is 4.02. The number of alkyl halides is 1. The van der Waals surface area contributed by atoms with Crippen LogP contribution >= 0.6 is 15.9 Å². The fourth-order valence-corrected chi connectivity index (χ4v) is 3.12. The molecule has 0 spiro atoms. The maximum Gasteiger partial charge on any atom is 0.273 e. The molecule has 110 valence electrons. The summed E-state index contributed by atoms with van der Waals surface area (Å²) in [5, 5.41) is 11.5. The van der Waals surface area contributed by atoms with E-state index in [1.165, 1.54) is 0 Å². The second-order valence-corrected chi connectivity index (χ2v) is 5.75. The van der Waals surface area contributed by atoms with Crippen LogP contribution in [0.3, 0.4) is 0 Å². The van der Waals surface area contributed by atoms with Gasteiger partial charge in [-0.3, -0.25) is 15.0 Å². The average Bonchev–Trinajstić information content (AvgIpc) is 2.46. The summed E-state index contributed by atoms with van der Waals surface area (Å²) in [6.07, 6.45) is 1.12. The molecule has 6 heteroatoms. The average molecular weight is 342 g/mol. The first kappa shape index (κ1) is 15.3. The third kappa shape index (κ3) is 3.12. The summed E-state index contributed by atoms with van der Waals surface area (Å²) in [4.78, 5) is 15.4. The predicted molar refractivity (Wildman–Crippen MR) is 84.6 cm³/mol. The van der Waals surface area contributed by atoms with Crippen LogP contribution in [-0.2, 0) is 5.33 Å². The Morgan fingerprint density at radius 3 is 2.80 bits per heavy atom. The summed E-state index contributed by atoms with van der Waals surface area (Å²) in [6, 6.07) is 5.96. The Labute approximate surface area is 127 Å². The molecule has 0 aliphatic carbocycles. The van der Waals surface area contributed by atoms with Gasteiger partial charge in [-0.1, -0.05) is 22.9 Å². The van der Waals surface area contributed by atoms with Crippen LogP contribution in [0.25, 0.3) is 0 Å². The Balaban J connectivity index is 2.23. The van der Waals surface area contributed by atoms with Gasteiger partial charge in [-0.2, -0.15) is 0 Å². The molecule has 5 nitrogen and oxygen atoms in total. The molecule has 1 unspecified atom stereocenters. The highest BCUT2D eigenvalue weighted by Crippen LogP contribution is 2.28. The minimum absolute atomic E-state index is 0.187. The molecule has 1 fully saturated rings. The molecule has 1 heterocycles. The summed E-state index contributed by atoms with van der Waals surface area (Å²) in [5.41, 5.74) is 2.00. The Kier molecular flexibility index (Phi) is 4.99. The highest BCUT2D eigenvalue weighted by molar-refractivity contribution is 9.08.